The van der Waals surface area contributed by atoms with Gasteiger partial charge in [0.2, 0.25) is 5.91 Å². The first-order chi connectivity index (χ1) is 7.11. The van der Waals surface area contributed by atoms with Gasteiger partial charge in [0.05, 0.1) is 0 Å². The number of primary amides is 1. The van der Waals surface area contributed by atoms with Crippen LogP contribution in [0.15, 0.2) is 12.2 Å². The second-order valence-electron chi connectivity index (χ2n) is 3.87. The van der Waals surface area contributed by atoms with Crippen molar-refractivity contribution in [2.24, 2.45) is 11.7 Å². The molecule has 0 aliphatic carbocycles. The Morgan fingerprint density at radius 1 is 1.53 bits per heavy atom. The minimum absolute atomic E-state index is 0.372. The van der Waals surface area contributed by atoms with Crippen molar-refractivity contribution in [2.75, 3.05) is 7.11 Å². The van der Waals surface area contributed by atoms with Gasteiger partial charge in [-0.15, -0.1) is 0 Å². The van der Waals surface area contributed by atoms with E-state index < -0.39 is 6.10 Å². The number of ether oxygens (including phenoxy) is 1. The molecule has 3 nitrogen and oxygen atoms in total. The molecule has 0 saturated carbocycles. The summed E-state index contributed by atoms with van der Waals surface area (Å²) in [6.45, 7) is 4.36. The van der Waals surface area contributed by atoms with Gasteiger partial charge in [-0.2, -0.15) is 0 Å². The van der Waals surface area contributed by atoms with Crippen LogP contribution in [0.3, 0.4) is 0 Å². The lowest BCUT2D eigenvalue weighted by molar-refractivity contribution is -0.128. The lowest BCUT2D eigenvalue weighted by Crippen LogP contribution is -2.29. The molecule has 2 atom stereocenters. The predicted molar refractivity (Wildman–Crippen MR) is 62.4 cm³/mol. The molecule has 0 aliphatic heterocycles. The fourth-order valence-electron chi connectivity index (χ4n) is 1.26. The lowest BCUT2D eigenvalue weighted by Gasteiger charge is -2.09. The molecule has 3 heteroatoms. The van der Waals surface area contributed by atoms with Crippen molar-refractivity contribution in [2.45, 2.75) is 45.6 Å². The smallest absolute Gasteiger partial charge is 0.246 e. The minimum Gasteiger partial charge on any atom is -0.372 e. The second-order valence-corrected chi connectivity index (χ2v) is 3.87. The third-order valence-electron chi connectivity index (χ3n) is 2.55. The molecule has 0 radical (unpaired) electrons. The van der Waals surface area contributed by atoms with Crippen molar-refractivity contribution in [3.8, 4) is 0 Å². The number of nitrogens with two attached hydrogens (primary N) is 1. The van der Waals surface area contributed by atoms with E-state index in [9.17, 15) is 4.79 Å². The molecule has 0 heterocycles. The Balaban J connectivity index is 3.61. The minimum atomic E-state index is -0.429. The predicted octanol–water partition coefficient (Wildman–Crippen LogP) is 2.26. The van der Waals surface area contributed by atoms with Gasteiger partial charge in [-0.05, 0) is 25.2 Å². The quantitative estimate of drug-likeness (QED) is 0.496. The van der Waals surface area contributed by atoms with Gasteiger partial charge >= 0.3 is 0 Å². The maximum absolute atomic E-state index is 10.8. The zero-order valence-electron chi connectivity index (χ0n) is 10.0. The van der Waals surface area contributed by atoms with E-state index in [1.54, 1.807) is 0 Å². The lowest BCUT2D eigenvalue weighted by atomic mass is 10.1. The molecule has 0 aromatic carbocycles. The molecule has 0 rings (SSSR count). The molecular weight excluding hydrogens is 190 g/mol. The van der Waals surface area contributed by atoms with Crippen molar-refractivity contribution >= 4 is 5.91 Å². The Morgan fingerprint density at radius 3 is 2.67 bits per heavy atom. The summed E-state index contributed by atoms with van der Waals surface area (Å²) in [5.41, 5.74) is 5.15. The van der Waals surface area contributed by atoms with Crippen LogP contribution in [0.4, 0.5) is 0 Å². The van der Waals surface area contributed by atoms with E-state index in [-0.39, 0.29) is 5.91 Å². The van der Waals surface area contributed by atoms with Gasteiger partial charge in [0.1, 0.15) is 6.10 Å². The largest absolute Gasteiger partial charge is 0.372 e. The van der Waals surface area contributed by atoms with Gasteiger partial charge in [-0.3, -0.25) is 4.79 Å². The Bertz CT molecular complexity index is 202. The van der Waals surface area contributed by atoms with Crippen LogP contribution in [0.25, 0.3) is 0 Å². The van der Waals surface area contributed by atoms with Crippen LogP contribution in [-0.4, -0.2) is 19.1 Å². The first-order valence-corrected chi connectivity index (χ1v) is 5.60. The molecule has 0 bridgehead atoms. The molecule has 1 amide bonds. The fourth-order valence-corrected chi connectivity index (χ4v) is 1.26. The molecule has 0 aromatic heterocycles. The average Bonchev–Trinajstić information content (AvgIpc) is 2.22. The molecule has 2 unspecified atom stereocenters. The topological polar surface area (TPSA) is 52.3 Å². The molecule has 0 spiro atoms. The summed E-state index contributed by atoms with van der Waals surface area (Å²) in [4.78, 5) is 10.8. The third kappa shape index (κ3) is 7.14. The van der Waals surface area contributed by atoms with Crippen molar-refractivity contribution < 1.29 is 9.53 Å². The maximum Gasteiger partial charge on any atom is 0.246 e. The summed E-state index contributed by atoms with van der Waals surface area (Å²) < 4.78 is 4.96. The molecular formula is C12H23NO2. The number of unbranched alkanes of at least 4 members (excludes halogenated alkanes) is 1. The highest BCUT2D eigenvalue weighted by molar-refractivity contribution is 5.78. The molecule has 0 aliphatic rings. The molecule has 0 aromatic rings. The standard InChI is InChI=1S/C12H23NO2/c1-4-10(2)8-6-5-7-9-11(15-3)12(13)14/h6,8,10-11H,4-5,7,9H2,1-3H3,(H2,13,14)/b8-6+. The highest BCUT2D eigenvalue weighted by Gasteiger charge is 2.12. The zero-order chi connectivity index (χ0) is 11.7. The number of allylic oxidation sites excluding steroid dienone is 2. The van der Waals surface area contributed by atoms with Gasteiger partial charge in [-0.25, -0.2) is 0 Å². The maximum atomic E-state index is 10.8. The first kappa shape index (κ1) is 14.2. The summed E-state index contributed by atoms with van der Waals surface area (Å²) in [5.74, 6) is 0.266. The number of hydrogen-bond acceptors (Lipinski definition) is 2. The highest BCUT2D eigenvalue weighted by atomic mass is 16.5. The summed E-state index contributed by atoms with van der Waals surface area (Å²) in [6.07, 6.45) is 7.75. The number of rotatable bonds is 8. The first-order valence-electron chi connectivity index (χ1n) is 5.60. The van der Waals surface area contributed by atoms with Gasteiger partial charge in [0, 0.05) is 7.11 Å². The second kappa shape index (κ2) is 8.48. The van der Waals surface area contributed by atoms with Crippen LogP contribution in [0.5, 0.6) is 0 Å². The SMILES string of the molecule is CCC(C)/C=C/CCCC(OC)C(N)=O. The van der Waals surface area contributed by atoms with E-state index in [2.05, 4.69) is 26.0 Å². The van der Waals surface area contributed by atoms with E-state index >= 15 is 0 Å². The molecule has 0 saturated heterocycles. The van der Waals surface area contributed by atoms with Crippen LogP contribution in [0.1, 0.15) is 39.5 Å². The summed E-state index contributed by atoms with van der Waals surface area (Å²) in [6, 6.07) is 0. The summed E-state index contributed by atoms with van der Waals surface area (Å²) in [5, 5.41) is 0. The third-order valence-corrected chi connectivity index (χ3v) is 2.55. The highest BCUT2D eigenvalue weighted by Crippen LogP contribution is 2.07. The fraction of sp³-hybridized carbons (Fsp3) is 0.750. The van der Waals surface area contributed by atoms with Crippen molar-refractivity contribution in [3.63, 3.8) is 0 Å². The van der Waals surface area contributed by atoms with E-state index in [1.165, 1.54) is 13.5 Å². The number of amides is 1. The Labute approximate surface area is 92.7 Å². The number of carbonyl (C=O) groups is 1. The van der Waals surface area contributed by atoms with Crippen LogP contribution < -0.4 is 5.73 Å². The van der Waals surface area contributed by atoms with Gasteiger partial charge in [0.15, 0.2) is 0 Å². The van der Waals surface area contributed by atoms with E-state index in [4.69, 9.17) is 10.5 Å². The van der Waals surface area contributed by atoms with E-state index in [1.807, 2.05) is 0 Å². The molecule has 2 N–H and O–H groups in total. The van der Waals surface area contributed by atoms with Crippen LogP contribution >= 0.6 is 0 Å². The van der Waals surface area contributed by atoms with E-state index in [0.717, 1.165) is 12.8 Å². The normalized spacial score (nSPS) is 15.4. The molecule has 88 valence electrons. The van der Waals surface area contributed by atoms with Gasteiger partial charge < -0.3 is 10.5 Å². The van der Waals surface area contributed by atoms with Gasteiger partial charge in [-0.1, -0.05) is 32.4 Å². The Kier molecular flexibility index (Phi) is 8.01. The monoisotopic (exact) mass is 213 g/mol. The molecule has 0 fully saturated rings. The number of hydrogen-bond donors (Lipinski definition) is 1. The van der Waals surface area contributed by atoms with Crippen molar-refractivity contribution in [1.29, 1.82) is 0 Å². The number of methoxy groups -OCH3 is 1. The Morgan fingerprint density at radius 2 is 2.20 bits per heavy atom. The average molecular weight is 213 g/mol. The molecule has 15 heavy (non-hydrogen) atoms. The van der Waals surface area contributed by atoms with Crippen LogP contribution in [0, 0.1) is 5.92 Å². The zero-order valence-corrected chi connectivity index (χ0v) is 10.0. The summed E-state index contributed by atoms with van der Waals surface area (Å²) in [7, 11) is 1.52. The van der Waals surface area contributed by atoms with Crippen molar-refractivity contribution in [1.82, 2.24) is 0 Å². The summed E-state index contributed by atoms with van der Waals surface area (Å²) >= 11 is 0. The Hall–Kier alpha value is -0.830. The van der Waals surface area contributed by atoms with Crippen LogP contribution in [-0.2, 0) is 9.53 Å². The van der Waals surface area contributed by atoms with Crippen LogP contribution in [0.2, 0.25) is 0 Å². The van der Waals surface area contributed by atoms with E-state index in [0.29, 0.717) is 12.3 Å². The number of carbonyl (C=O) groups excluding carboxylic acids is 1. The van der Waals surface area contributed by atoms with Crippen molar-refractivity contribution in [3.05, 3.63) is 12.2 Å². The van der Waals surface area contributed by atoms with Gasteiger partial charge in [0.25, 0.3) is 0 Å².